The molecule has 1 saturated heterocycles. The van der Waals surface area contributed by atoms with Crippen LogP contribution in [0.5, 0.6) is 11.5 Å². The van der Waals surface area contributed by atoms with Gasteiger partial charge >= 0.3 is 0 Å². The molecule has 1 aliphatic rings. The van der Waals surface area contributed by atoms with Crippen LogP contribution in [-0.4, -0.2) is 28.3 Å². The number of hydrogen-bond donors (Lipinski definition) is 0. The number of nitrogens with zero attached hydrogens (tertiary/aromatic N) is 1. The summed E-state index contributed by atoms with van der Waals surface area (Å²) in [7, 11) is 0. The van der Waals surface area contributed by atoms with E-state index in [2.05, 4.69) is 0 Å². The number of furan rings is 1. The number of amides is 1. The highest BCUT2D eigenvalue weighted by Crippen LogP contribution is 2.35. The van der Waals surface area contributed by atoms with Gasteiger partial charge in [0.25, 0.3) is 5.91 Å². The second-order valence-electron chi connectivity index (χ2n) is 7.45. The second-order valence-corrected chi connectivity index (χ2v) is 9.54. The minimum absolute atomic E-state index is 0.151. The Hall–Kier alpha value is -2.74. The van der Waals surface area contributed by atoms with Gasteiger partial charge in [-0.1, -0.05) is 59.8 Å². The third-order valence-electron chi connectivity index (χ3n) is 5.02. The fourth-order valence-electron chi connectivity index (χ4n) is 3.39. The number of hydrogen-bond acceptors (Lipinski definition) is 6. The number of carbonyl (C=O) groups is 1. The summed E-state index contributed by atoms with van der Waals surface area (Å²) in [6, 6.07) is 15.0. The van der Waals surface area contributed by atoms with Crippen molar-refractivity contribution >= 4 is 51.9 Å². The number of halogens is 1. The van der Waals surface area contributed by atoms with Gasteiger partial charge < -0.3 is 13.9 Å². The molecule has 0 saturated carbocycles. The first kappa shape index (κ1) is 23.4. The SMILES string of the molecule is Cc1cccc(C)c1OCCOc1ccc(C=C2SC(=S)N(Cc3ccco3)C2=O)cc1Cl. The Labute approximate surface area is 207 Å². The van der Waals surface area contributed by atoms with Crippen LogP contribution in [0, 0.1) is 13.8 Å². The summed E-state index contributed by atoms with van der Waals surface area (Å²) in [5.41, 5.74) is 2.97. The van der Waals surface area contributed by atoms with Crippen molar-refractivity contribution in [1.29, 1.82) is 0 Å². The summed E-state index contributed by atoms with van der Waals surface area (Å²) in [4.78, 5) is 14.8. The second kappa shape index (κ2) is 10.5. The van der Waals surface area contributed by atoms with E-state index in [9.17, 15) is 4.79 Å². The largest absolute Gasteiger partial charge is 0.489 e. The maximum atomic E-state index is 12.8. The lowest BCUT2D eigenvalue weighted by molar-refractivity contribution is -0.122. The molecule has 0 aliphatic carbocycles. The van der Waals surface area contributed by atoms with Gasteiger partial charge in [0.15, 0.2) is 0 Å². The van der Waals surface area contributed by atoms with Gasteiger partial charge in [0.2, 0.25) is 0 Å². The lowest BCUT2D eigenvalue weighted by atomic mass is 10.1. The number of thiocarbonyl (C=S) groups is 1. The highest BCUT2D eigenvalue weighted by atomic mass is 35.5. The van der Waals surface area contributed by atoms with Crippen molar-refractivity contribution in [3.05, 3.63) is 87.2 Å². The summed E-state index contributed by atoms with van der Waals surface area (Å²) in [5.74, 6) is 1.97. The van der Waals surface area contributed by atoms with Gasteiger partial charge in [-0.3, -0.25) is 9.69 Å². The van der Waals surface area contributed by atoms with E-state index in [0.717, 1.165) is 22.4 Å². The molecular weight excluding hydrogens is 478 g/mol. The third-order valence-corrected chi connectivity index (χ3v) is 6.69. The van der Waals surface area contributed by atoms with Gasteiger partial charge in [0.1, 0.15) is 34.8 Å². The Balaban J connectivity index is 1.36. The third kappa shape index (κ3) is 5.61. The van der Waals surface area contributed by atoms with E-state index in [1.807, 2.05) is 44.2 Å². The van der Waals surface area contributed by atoms with E-state index < -0.39 is 0 Å². The molecule has 33 heavy (non-hydrogen) atoms. The molecule has 1 aliphatic heterocycles. The highest BCUT2D eigenvalue weighted by molar-refractivity contribution is 8.26. The molecule has 1 amide bonds. The molecule has 8 heteroatoms. The molecule has 2 heterocycles. The predicted octanol–water partition coefficient (Wildman–Crippen LogP) is 6.41. The van der Waals surface area contributed by atoms with E-state index in [1.54, 1.807) is 30.5 Å². The Kier molecular flexibility index (Phi) is 7.42. The molecule has 1 aromatic heterocycles. The van der Waals surface area contributed by atoms with Crippen LogP contribution in [-0.2, 0) is 11.3 Å². The molecule has 0 N–H and O–H groups in total. The van der Waals surface area contributed by atoms with Crippen molar-refractivity contribution in [2.24, 2.45) is 0 Å². The zero-order valence-electron chi connectivity index (χ0n) is 18.2. The zero-order chi connectivity index (χ0) is 23.4. The summed E-state index contributed by atoms with van der Waals surface area (Å²) in [6.45, 7) is 5.11. The summed E-state index contributed by atoms with van der Waals surface area (Å²) in [6.07, 6.45) is 3.35. The van der Waals surface area contributed by atoms with Crippen molar-refractivity contribution < 1.29 is 18.7 Å². The standard InChI is InChI=1S/C25H22ClNO4S2/c1-16-5-3-6-17(2)23(16)31-12-11-30-21-9-8-18(13-20(21)26)14-22-24(28)27(25(32)33-22)15-19-7-4-10-29-19/h3-10,13-14H,11-12,15H2,1-2H3. The van der Waals surface area contributed by atoms with Gasteiger partial charge in [0.05, 0.1) is 22.7 Å². The number of carbonyl (C=O) groups excluding carboxylic acids is 1. The first-order valence-corrected chi connectivity index (χ1v) is 11.9. The number of rotatable bonds is 8. The molecule has 4 rings (SSSR count). The van der Waals surface area contributed by atoms with E-state index in [4.69, 9.17) is 37.7 Å². The minimum Gasteiger partial charge on any atom is -0.489 e. The van der Waals surface area contributed by atoms with Gasteiger partial charge in [-0.2, -0.15) is 0 Å². The molecule has 0 radical (unpaired) electrons. The van der Waals surface area contributed by atoms with Crippen LogP contribution in [0.3, 0.4) is 0 Å². The number of benzene rings is 2. The number of para-hydroxylation sites is 1. The van der Waals surface area contributed by atoms with Crippen molar-refractivity contribution in [1.82, 2.24) is 4.90 Å². The zero-order valence-corrected chi connectivity index (χ0v) is 20.6. The van der Waals surface area contributed by atoms with Crippen molar-refractivity contribution in [3.8, 4) is 11.5 Å². The molecule has 0 atom stereocenters. The normalized spacial score (nSPS) is 14.9. The lowest BCUT2D eigenvalue weighted by Crippen LogP contribution is -2.27. The number of ether oxygens (including phenoxy) is 2. The van der Waals surface area contributed by atoms with Crippen molar-refractivity contribution in [2.45, 2.75) is 20.4 Å². The first-order chi connectivity index (χ1) is 15.9. The van der Waals surface area contributed by atoms with Crippen LogP contribution < -0.4 is 9.47 Å². The molecule has 170 valence electrons. The maximum absolute atomic E-state index is 12.8. The molecular formula is C25H22ClNO4S2. The molecule has 0 bridgehead atoms. The van der Waals surface area contributed by atoms with Gasteiger partial charge in [-0.05, 0) is 60.9 Å². The van der Waals surface area contributed by atoms with Crippen LogP contribution in [0.1, 0.15) is 22.5 Å². The van der Waals surface area contributed by atoms with Gasteiger partial charge in [-0.15, -0.1) is 0 Å². The molecule has 5 nitrogen and oxygen atoms in total. The Morgan fingerprint density at radius 1 is 1.09 bits per heavy atom. The average Bonchev–Trinajstić information content (AvgIpc) is 3.38. The predicted molar refractivity (Wildman–Crippen MR) is 136 cm³/mol. The fourth-order valence-corrected chi connectivity index (χ4v) is 4.89. The van der Waals surface area contributed by atoms with E-state index in [0.29, 0.717) is 45.5 Å². The Morgan fingerprint density at radius 3 is 2.55 bits per heavy atom. The quantitative estimate of drug-likeness (QED) is 0.203. The van der Waals surface area contributed by atoms with Crippen LogP contribution in [0.15, 0.2) is 64.1 Å². The van der Waals surface area contributed by atoms with E-state index in [-0.39, 0.29) is 5.91 Å². The highest BCUT2D eigenvalue weighted by Gasteiger charge is 2.32. The first-order valence-electron chi connectivity index (χ1n) is 10.3. The van der Waals surface area contributed by atoms with Crippen LogP contribution in [0.4, 0.5) is 0 Å². The summed E-state index contributed by atoms with van der Waals surface area (Å²) >= 11 is 13.0. The Bertz CT molecular complexity index is 1190. The average molecular weight is 500 g/mol. The maximum Gasteiger partial charge on any atom is 0.266 e. The number of thioether (sulfide) groups is 1. The van der Waals surface area contributed by atoms with E-state index >= 15 is 0 Å². The fraction of sp³-hybridized carbons (Fsp3) is 0.200. The van der Waals surface area contributed by atoms with Gasteiger partial charge in [0, 0.05) is 0 Å². The number of aryl methyl sites for hydroxylation is 2. The molecule has 0 spiro atoms. The summed E-state index contributed by atoms with van der Waals surface area (Å²) < 4.78 is 17.5. The topological polar surface area (TPSA) is 51.9 Å². The molecule has 1 fully saturated rings. The van der Waals surface area contributed by atoms with Crippen LogP contribution in [0.2, 0.25) is 5.02 Å². The van der Waals surface area contributed by atoms with Crippen molar-refractivity contribution in [2.75, 3.05) is 13.2 Å². The van der Waals surface area contributed by atoms with Crippen LogP contribution in [0.25, 0.3) is 6.08 Å². The van der Waals surface area contributed by atoms with E-state index in [1.165, 1.54) is 16.7 Å². The van der Waals surface area contributed by atoms with Crippen molar-refractivity contribution in [3.63, 3.8) is 0 Å². The molecule has 2 aromatic carbocycles. The smallest absolute Gasteiger partial charge is 0.266 e. The molecule has 0 unspecified atom stereocenters. The lowest BCUT2D eigenvalue weighted by Gasteiger charge is -2.13. The monoisotopic (exact) mass is 499 g/mol. The minimum atomic E-state index is -0.151. The molecule has 3 aromatic rings. The van der Waals surface area contributed by atoms with Crippen LogP contribution >= 0.6 is 35.6 Å². The van der Waals surface area contributed by atoms with Gasteiger partial charge in [-0.25, -0.2) is 0 Å². The summed E-state index contributed by atoms with van der Waals surface area (Å²) in [5, 5.41) is 0.460. The Morgan fingerprint density at radius 2 is 1.85 bits per heavy atom.